The molecular formula is C41H62N4O6. The van der Waals surface area contributed by atoms with E-state index >= 15 is 0 Å². The van der Waals surface area contributed by atoms with Crippen molar-refractivity contribution in [3.63, 3.8) is 0 Å². The predicted molar refractivity (Wildman–Crippen MR) is 198 cm³/mol. The molecule has 1 heterocycles. The minimum absolute atomic E-state index is 0.0699. The second kappa shape index (κ2) is 16.4. The number of hydrogen-bond donors (Lipinski definition) is 4. The zero-order valence-corrected chi connectivity index (χ0v) is 32.0. The van der Waals surface area contributed by atoms with Crippen LogP contribution >= 0.6 is 0 Å². The van der Waals surface area contributed by atoms with E-state index in [-0.39, 0.29) is 24.6 Å². The van der Waals surface area contributed by atoms with Crippen LogP contribution in [0.15, 0.2) is 48.5 Å². The second-order valence-electron chi connectivity index (χ2n) is 17.0. The highest BCUT2D eigenvalue weighted by Crippen LogP contribution is 2.61. The van der Waals surface area contributed by atoms with Crippen molar-refractivity contribution in [1.29, 1.82) is 0 Å². The first-order chi connectivity index (χ1) is 24.1. The molecule has 2 aromatic rings. The van der Waals surface area contributed by atoms with Gasteiger partial charge in [-0.1, -0.05) is 77.1 Å². The van der Waals surface area contributed by atoms with Gasteiger partial charge in [-0.3, -0.25) is 14.5 Å². The maximum atomic E-state index is 14.2. The standard InChI is InChI=1S/C41H62N4O6/c1-25(2)16-32(23-43(7)8)44(22-30-14-9-10-15-33(30)40(49)50)20-28-12-11-13-29(17-28)21-45-38(37(27(4)47)36(24-46)51-45)39(48)42-35-19-31-18-34(26(35)3)41(31,5)6/h9-15,17,25-27,31-32,34-38,46-47H,16,18-24H2,1-8H3,(H,42,48)(H,49,50)/t26-,27+,31-,32+,34-,35+,36+,37-,38+/m1/s1. The van der Waals surface area contributed by atoms with E-state index in [4.69, 9.17) is 4.84 Å². The van der Waals surface area contributed by atoms with Gasteiger partial charge in [0.15, 0.2) is 0 Å². The molecule has 2 bridgehead atoms. The first kappa shape index (κ1) is 39.3. The highest BCUT2D eigenvalue weighted by Gasteiger charge is 2.57. The van der Waals surface area contributed by atoms with Crippen molar-refractivity contribution in [3.8, 4) is 0 Å². The number of nitrogens with zero attached hydrogens (tertiary/aromatic N) is 3. The molecule has 4 fully saturated rings. The van der Waals surface area contributed by atoms with Crippen LogP contribution in [0.5, 0.6) is 0 Å². The number of hydrogen-bond acceptors (Lipinski definition) is 8. The zero-order valence-electron chi connectivity index (χ0n) is 32.0. The Labute approximate surface area is 305 Å². The summed E-state index contributed by atoms with van der Waals surface area (Å²) < 4.78 is 0. The molecule has 3 saturated carbocycles. The zero-order chi connectivity index (χ0) is 37.2. The topological polar surface area (TPSA) is 126 Å². The molecule has 9 atom stereocenters. The number of fused-ring (bicyclic) bond motifs is 2. The fourth-order valence-electron chi connectivity index (χ4n) is 9.43. The molecule has 282 valence electrons. The Morgan fingerprint density at radius 3 is 2.35 bits per heavy atom. The Balaban J connectivity index is 1.38. The van der Waals surface area contributed by atoms with Crippen LogP contribution < -0.4 is 5.32 Å². The first-order valence-corrected chi connectivity index (χ1v) is 18.9. The number of benzene rings is 2. The lowest BCUT2D eigenvalue weighted by Gasteiger charge is -2.62. The fraction of sp³-hybridized carbons (Fsp3) is 0.659. The van der Waals surface area contributed by atoms with Gasteiger partial charge in [0.1, 0.15) is 12.1 Å². The molecule has 4 N–H and O–H groups in total. The van der Waals surface area contributed by atoms with Crippen molar-refractivity contribution in [2.45, 2.75) is 111 Å². The summed E-state index contributed by atoms with van der Waals surface area (Å²) >= 11 is 0. The van der Waals surface area contributed by atoms with Crippen LogP contribution in [0.1, 0.15) is 87.9 Å². The van der Waals surface area contributed by atoms with Gasteiger partial charge in [-0.2, -0.15) is 5.06 Å². The number of aliphatic hydroxyl groups is 2. The van der Waals surface area contributed by atoms with Gasteiger partial charge in [0.2, 0.25) is 5.91 Å². The lowest BCUT2D eigenvalue weighted by Crippen LogP contribution is -2.62. The van der Waals surface area contributed by atoms with Crippen molar-refractivity contribution in [2.75, 3.05) is 27.2 Å². The Morgan fingerprint density at radius 2 is 1.75 bits per heavy atom. The summed E-state index contributed by atoms with van der Waals surface area (Å²) in [6.45, 7) is 15.0. The normalized spacial score (nSPS) is 28.5. The number of rotatable bonds is 16. The Kier molecular flexibility index (Phi) is 12.7. The maximum Gasteiger partial charge on any atom is 0.336 e. The number of carboxylic acids is 1. The summed E-state index contributed by atoms with van der Waals surface area (Å²) in [5.74, 6) is 0.299. The molecule has 0 aromatic heterocycles. The molecular weight excluding hydrogens is 644 g/mol. The number of likely N-dealkylation sites (N-methyl/N-ethyl adjacent to an activating group) is 1. The molecule has 2 aromatic carbocycles. The SMILES string of the molecule is CC(C)C[C@@H](CN(C)C)N(Cc1cccc(CN2O[C@@H](CO)[C@@H]([C@H](C)O)[C@H]2C(=O)N[C@H]2C[C@H]3C[C@H]([C@H]2C)C3(C)C)c1)Cc1ccccc1C(=O)O. The van der Waals surface area contributed by atoms with Gasteiger partial charge < -0.3 is 25.5 Å². The average molecular weight is 707 g/mol. The van der Waals surface area contributed by atoms with Crippen molar-refractivity contribution < 1.29 is 29.7 Å². The highest BCUT2D eigenvalue weighted by molar-refractivity contribution is 5.89. The van der Waals surface area contributed by atoms with Crippen molar-refractivity contribution in [3.05, 3.63) is 70.8 Å². The number of amides is 1. The lowest BCUT2D eigenvalue weighted by atomic mass is 9.45. The van der Waals surface area contributed by atoms with Crippen molar-refractivity contribution >= 4 is 11.9 Å². The van der Waals surface area contributed by atoms with Gasteiger partial charge in [-0.05, 0) is 92.1 Å². The summed E-state index contributed by atoms with van der Waals surface area (Å²) in [7, 11) is 4.14. The smallest absolute Gasteiger partial charge is 0.336 e. The molecule has 1 amide bonds. The van der Waals surface area contributed by atoms with Crippen LogP contribution in [0.4, 0.5) is 0 Å². The largest absolute Gasteiger partial charge is 0.478 e. The van der Waals surface area contributed by atoms with Gasteiger partial charge in [0.25, 0.3) is 0 Å². The summed E-state index contributed by atoms with van der Waals surface area (Å²) in [6.07, 6.45) is 1.56. The Bertz CT molecular complexity index is 1490. The van der Waals surface area contributed by atoms with E-state index in [2.05, 4.69) is 76.0 Å². The number of hydroxylamine groups is 2. The monoisotopic (exact) mass is 706 g/mol. The van der Waals surface area contributed by atoms with Crippen LogP contribution in [-0.4, -0.2) is 99.6 Å². The number of carbonyl (C=O) groups is 2. The van der Waals surface area contributed by atoms with Gasteiger partial charge in [0, 0.05) is 37.6 Å². The maximum absolute atomic E-state index is 14.2. The predicted octanol–water partition coefficient (Wildman–Crippen LogP) is 5.02. The van der Waals surface area contributed by atoms with Crippen LogP contribution in [0.2, 0.25) is 0 Å². The summed E-state index contributed by atoms with van der Waals surface area (Å²) in [5, 5.41) is 36.2. The summed E-state index contributed by atoms with van der Waals surface area (Å²) in [6, 6.07) is 15.0. The van der Waals surface area contributed by atoms with Crippen LogP contribution in [0.3, 0.4) is 0 Å². The average Bonchev–Trinajstić information content (AvgIpc) is 3.43. The second-order valence-corrected chi connectivity index (χ2v) is 17.0. The van der Waals surface area contributed by atoms with Crippen molar-refractivity contribution in [1.82, 2.24) is 20.2 Å². The molecule has 6 rings (SSSR count). The third-order valence-corrected chi connectivity index (χ3v) is 12.2. The van der Waals surface area contributed by atoms with Crippen molar-refractivity contribution in [2.24, 2.45) is 35.0 Å². The number of carboxylic acid groups (broad SMARTS) is 1. The third kappa shape index (κ3) is 8.86. The van der Waals surface area contributed by atoms with Gasteiger partial charge in [-0.15, -0.1) is 0 Å². The highest BCUT2D eigenvalue weighted by atomic mass is 16.7. The van der Waals surface area contributed by atoms with Crippen LogP contribution in [0.25, 0.3) is 0 Å². The first-order valence-electron chi connectivity index (χ1n) is 18.9. The summed E-state index contributed by atoms with van der Waals surface area (Å²) in [4.78, 5) is 37.1. The van der Waals surface area contributed by atoms with Crippen LogP contribution in [-0.2, 0) is 29.3 Å². The molecule has 1 aliphatic heterocycles. The molecule has 10 nitrogen and oxygen atoms in total. The minimum Gasteiger partial charge on any atom is -0.478 e. The molecule has 10 heteroatoms. The van der Waals surface area contributed by atoms with E-state index in [0.29, 0.717) is 54.3 Å². The van der Waals surface area contributed by atoms with E-state index in [1.807, 2.05) is 24.3 Å². The fourth-order valence-corrected chi connectivity index (χ4v) is 9.43. The van der Waals surface area contributed by atoms with Gasteiger partial charge >= 0.3 is 5.97 Å². The summed E-state index contributed by atoms with van der Waals surface area (Å²) in [5.41, 5.74) is 3.40. The number of nitrogens with one attached hydrogen (secondary N) is 1. The number of carbonyl (C=O) groups excluding carboxylic acids is 1. The quantitative estimate of drug-likeness (QED) is 0.190. The molecule has 51 heavy (non-hydrogen) atoms. The third-order valence-electron chi connectivity index (χ3n) is 12.2. The molecule has 1 saturated heterocycles. The lowest BCUT2D eigenvalue weighted by molar-refractivity contribution is -0.183. The van der Waals surface area contributed by atoms with E-state index in [0.717, 1.165) is 36.1 Å². The number of aliphatic hydroxyl groups excluding tert-OH is 2. The molecule has 4 aliphatic rings. The molecule has 3 aliphatic carbocycles. The van der Waals surface area contributed by atoms with Gasteiger partial charge in [-0.25, -0.2) is 4.79 Å². The number of aromatic carboxylic acids is 1. The van der Waals surface area contributed by atoms with E-state index in [1.54, 1.807) is 24.1 Å². The molecule has 0 spiro atoms. The Hall–Kier alpha value is -2.86. The van der Waals surface area contributed by atoms with E-state index < -0.39 is 30.1 Å². The van der Waals surface area contributed by atoms with E-state index in [9.17, 15) is 24.9 Å². The minimum atomic E-state index is -0.931. The van der Waals surface area contributed by atoms with Gasteiger partial charge in [0.05, 0.1) is 24.8 Å². The van der Waals surface area contributed by atoms with Crippen LogP contribution in [0, 0.1) is 35.0 Å². The molecule has 0 unspecified atom stereocenters. The van der Waals surface area contributed by atoms with E-state index in [1.165, 1.54) is 6.42 Å². The molecule has 0 radical (unpaired) electrons. The Morgan fingerprint density at radius 1 is 1.04 bits per heavy atom.